The minimum Gasteiger partial charge on any atom is -0.497 e. The van der Waals surface area contributed by atoms with Gasteiger partial charge in [0.25, 0.3) is 0 Å². The van der Waals surface area contributed by atoms with E-state index in [4.69, 9.17) is 4.74 Å². The van der Waals surface area contributed by atoms with Crippen LogP contribution in [0.4, 0.5) is 5.82 Å². The largest absolute Gasteiger partial charge is 0.497 e. The highest BCUT2D eigenvalue weighted by atomic mass is 32.2. The lowest BCUT2D eigenvalue weighted by atomic mass is 10.2. The van der Waals surface area contributed by atoms with E-state index in [-0.39, 0.29) is 11.7 Å². The standard InChI is InChI=1S/C25H24N6O2S/c1-16-7-5-6-8-22(16)30-15-27-29-25(30)34-14-23(32)28-24-21(13-26)17(2)18(3)31(24)19-9-11-20(33-4)12-10-19/h5-12,15H,14H2,1-4H3,(H,28,32). The second-order valence-electron chi connectivity index (χ2n) is 7.69. The summed E-state index contributed by atoms with van der Waals surface area (Å²) in [6.07, 6.45) is 1.64. The van der Waals surface area contributed by atoms with Gasteiger partial charge in [-0.15, -0.1) is 10.2 Å². The fourth-order valence-electron chi connectivity index (χ4n) is 3.73. The van der Waals surface area contributed by atoms with Crippen molar-refractivity contribution in [3.63, 3.8) is 0 Å². The van der Waals surface area contributed by atoms with E-state index < -0.39 is 0 Å². The topological polar surface area (TPSA) is 97.8 Å². The molecule has 4 aromatic rings. The molecule has 0 spiro atoms. The van der Waals surface area contributed by atoms with Crippen molar-refractivity contribution >= 4 is 23.5 Å². The lowest BCUT2D eigenvalue weighted by molar-refractivity contribution is -0.113. The van der Waals surface area contributed by atoms with Crippen molar-refractivity contribution in [2.45, 2.75) is 25.9 Å². The van der Waals surface area contributed by atoms with Crippen LogP contribution in [0, 0.1) is 32.1 Å². The molecular weight excluding hydrogens is 448 g/mol. The van der Waals surface area contributed by atoms with Gasteiger partial charge in [-0.1, -0.05) is 30.0 Å². The summed E-state index contributed by atoms with van der Waals surface area (Å²) in [5.41, 5.74) is 5.00. The molecule has 0 bridgehead atoms. The number of benzene rings is 2. The summed E-state index contributed by atoms with van der Waals surface area (Å²) in [6, 6.07) is 17.6. The van der Waals surface area contributed by atoms with E-state index in [1.54, 1.807) is 13.4 Å². The Balaban J connectivity index is 1.58. The number of ether oxygens (including phenoxy) is 1. The number of amides is 1. The Bertz CT molecular complexity index is 1380. The quantitative estimate of drug-likeness (QED) is 0.395. The van der Waals surface area contributed by atoms with Crippen LogP contribution < -0.4 is 10.1 Å². The van der Waals surface area contributed by atoms with E-state index in [1.165, 1.54) is 11.8 Å². The molecule has 34 heavy (non-hydrogen) atoms. The van der Waals surface area contributed by atoms with Crippen LogP contribution in [-0.4, -0.2) is 38.1 Å². The number of thioether (sulfide) groups is 1. The van der Waals surface area contributed by atoms with Gasteiger partial charge in [0.15, 0.2) is 5.16 Å². The summed E-state index contributed by atoms with van der Waals surface area (Å²) < 4.78 is 8.99. The highest BCUT2D eigenvalue weighted by molar-refractivity contribution is 7.99. The van der Waals surface area contributed by atoms with E-state index in [9.17, 15) is 10.1 Å². The number of nitrogens with one attached hydrogen (secondary N) is 1. The molecule has 0 atom stereocenters. The average molecular weight is 473 g/mol. The van der Waals surface area contributed by atoms with Crippen molar-refractivity contribution in [1.29, 1.82) is 5.26 Å². The van der Waals surface area contributed by atoms with E-state index in [0.717, 1.165) is 33.9 Å². The summed E-state index contributed by atoms with van der Waals surface area (Å²) >= 11 is 1.28. The predicted molar refractivity (Wildman–Crippen MR) is 132 cm³/mol. The van der Waals surface area contributed by atoms with Crippen LogP contribution >= 0.6 is 11.8 Å². The van der Waals surface area contributed by atoms with Crippen LogP contribution in [0.15, 0.2) is 60.0 Å². The number of anilines is 1. The number of methoxy groups -OCH3 is 1. The van der Waals surface area contributed by atoms with Crippen LogP contribution in [0.1, 0.15) is 22.4 Å². The molecule has 2 heterocycles. The van der Waals surface area contributed by atoms with E-state index in [0.29, 0.717) is 16.5 Å². The Morgan fingerprint density at radius 2 is 1.88 bits per heavy atom. The van der Waals surface area contributed by atoms with Crippen molar-refractivity contribution in [2.24, 2.45) is 0 Å². The Labute approximate surface area is 202 Å². The molecule has 0 saturated heterocycles. The lowest BCUT2D eigenvalue weighted by Crippen LogP contribution is -2.18. The number of aromatic nitrogens is 4. The van der Waals surface area contributed by atoms with Gasteiger partial charge in [0, 0.05) is 11.4 Å². The molecule has 0 aliphatic carbocycles. The van der Waals surface area contributed by atoms with Crippen LogP contribution in [0.3, 0.4) is 0 Å². The summed E-state index contributed by atoms with van der Waals surface area (Å²) in [7, 11) is 1.61. The summed E-state index contributed by atoms with van der Waals surface area (Å²) in [4.78, 5) is 13.0. The van der Waals surface area contributed by atoms with Gasteiger partial charge in [-0.05, 0) is 62.2 Å². The average Bonchev–Trinajstić information content (AvgIpc) is 3.40. The first kappa shape index (κ1) is 23.1. The second kappa shape index (κ2) is 9.85. The highest BCUT2D eigenvalue weighted by Crippen LogP contribution is 2.31. The number of para-hydroxylation sites is 1. The molecule has 0 aliphatic rings. The molecule has 0 aliphatic heterocycles. The molecular formula is C25H24N6O2S. The molecule has 172 valence electrons. The number of nitriles is 1. The normalized spacial score (nSPS) is 10.7. The fraction of sp³-hybridized carbons (Fsp3) is 0.200. The van der Waals surface area contributed by atoms with Crippen molar-refractivity contribution in [3.05, 3.63) is 77.2 Å². The number of carbonyl (C=O) groups is 1. The van der Waals surface area contributed by atoms with Crippen LogP contribution in [0.2, 0.25) is 0 Å². The zero-order valence-corrected chi connectivity index (χ0v) is 20.2. The first-order valence-electron chi connectivity index (χ1n) is 10.6. The van der Waals surface area contributed by atoms with E-state index in [1.807, 2.05) is 78.4 Å². The maximum Gasteiger partial charge on any atom is 0.236 e. The number of rotatable bonds is 7. The molecule has 0 unspecified atom stereocenters. The van der Waals surface area contributed by atoms with Gasteiger partial charge < -0.3 is 10.1 Å². The molecule has 1 amide bonds. The SMILES string of the molecule is COc1ccc(-n2c(C)c(C)c(C#N)c2NC(=O)CSc2nncn2-c2ccccc2C)cc1. The minimum atomic E-state index is -0.243. The van der Waals surface area contributed by atoms with E-state index >= 15 is 0 Å². The van der Waals surface area contributed by atoms with Crippen molar-refractivity contribution in [2.75, 3.05) is 18.2 Å². The Kier molecular flexibility index (Phi) is 6.70. The molecule has 8 nitrogen and oxygen atoms in total. The summed E-state index contributed by atoms with van der Waals surface area (Å²) in [5, 5.41) is 21.5. The molecule has 1 N–H and O–H groups in total. The first-order chi connectivity index (χ1) is 16.4. The summed E-state index contributed by atoms with van der Waals surface area (Å²) in [6.45, 7) is 5.82. The number of hydrogen-bond acceptors (Lipinski definition) is 6. The van der Waals surface area contributed by atoms with Gasteiger partial charge in [0.05, 0.1) is 24.1 Å². The van der Waals surface area contributed by atoms with Crippen molar-refractivity contribution in [3.8, 4) is 23.2 Å². The zero-order chi connectivity index (χ0) is 24.2. The van der Waals surface area contributed by atoms with Gasteiger partial charge in [-0.2, -0.15) is 5.26 Å². The first-order valence-corrected chi connectivity index (χ1v) is 11.6. The fourth-order valence-corrected chi connectivity index (χ4v) is 4.46. The van der Waals surface area contributed by atoms with Gasteiger partial charge in [-0.25, -0.2) is 0 Å². The lowest BCUT2D eigenvalue weighted by Gasteiger charge is -2.14. The maximum atomic E-state index is 13.0. The molecule has 0 fully saturated rings. The monoisotopic (exact) mass is 472 g/mol. The molecule has 2 aromatic carbocycles. The van der Waals surface area contributed by atoms with Gasteiger partial charge in [0.1, 0.15) is 24.0 Å². The summed E-state index contributed by atoms with van der Waals surface area (Å²) in [5.74, 6) is 1.05. The van der Waals surface area contributed by atoms with Gasteiger partial charge in [-0.3, -0.25) is 13.9 Å². The Morgan fingerprint density at radius 3 is 2.56 bits per heavy atom. The van der Waals surface area contributed by atoms with Crippen molar-refractivity contribution < 1.29 is 9.53 Å². The Morgan fingerprint density at radius 1 is 1.15 bits per heavy atom. The highest BCUT2D eigenvalue weighted by Gasteiger charge is 2.21. The third-order valence-corrected chi connectivity index (χ3v) is 6.58. The van der Waals surface area contributed by atoms with Crippen LogP contribution in [-0.2, 0) is 4.79 Å². The Hall–Kier alpha value is -4.03. The molecule has 2 aromatic heterocycles. The van der Waals surface area contributed by atoms with Gasteiger partial charge >= 0.3 is 0 Å². The van der Waals surface area contributed by atoms with Crippen LogP contribution in [0.25, 0.3) is 11.4 Å². The van der Waals surface area contributed by atoms with E-state index in [2.05, 4.69) is 21.6 Å². The molecule has 0 radical (unpaired) electrons. The second-order valence-corrected chi connectivity index (χ2v) is 8.63. The molecule has 9 heteroatoms. The zero-order valence-electron chi connectivity index (χ0n) is 19.4. The molecule has 4 rings (SSSR count). The number of nitrogens with zero attached hydrogens (tertiary/aromatic N) is 5. The maximum absolute atomic E-state index is 13.0. The predicted octanol–water partition coefficient (Wildman–Crippen LogP) is 4.59. The number of aryl methyl sites for hydroxylation is 1. The minimum absolute atomic E-state index is 0.112. The molecule has 0 saturated carbocycles. The van der Waals surface area contributed by atoms with Crippen molar-refractivity contribution in [1.82, 2.24) is 19.3 Å². The number of hydrogen-bond donors (Lipinski definition) is 1. The third-order valence-electron chi connectivity index (χ3n) is 5.64. The van der Waals surface area contributed by atoms with Gasteiger partial charge in [0.2, 0.25) is 5.91 Å². The van der Waals surface area contributed by atoms with Crippen LogP contribution in [0.5, 0.6) is 5.75 Å². The smallest absolute Gasteiger partial charge is 0.236 e. The number of carbonyl (C=O) groups excluding carboxylic acids is 1. The third kappa shape index (κ3) is 4.40.